The maximum atomic E-state index is 11.4. The van der Waals surface area contributed by atoms with E-state index in [0.717, 1.165) is 0 Å². The lowest BCUT2D eigenvalue weighted by molar-refractivity contribution is -0.155. The highest BCUT2D eigenvalue weighted by Crippen LogP contribution is 2.22. The Bertz CT molecular complexity index is 98.3. The Hall–Kier alpha value is -0.390. The van der Waals surface area contributed by atoms with Crippen molar-refractivity contribution in [2.24, 2.45) is 5.73 Å². The molecule has 0 fully saturated rings. The Balaban J connectivity index is 3.73. The van der Waals surface area contributed by atoms with E-state index in [0.29, 0.717) is 0 Å². The van der Waals surface area contributed by atoms with Gasteiger partial charge in [0.2, 0.25) is 6.43 Å². The summed E-state index contributed by atoms with van der Waals surface area (Å²) in [4.78, 5) is 0. The van der Waals surface area contributed by atoms with E-state index in [9.17, 15) is 22.0 Å². The first-order chi connectivity index (χ1) is 4.34. The van der Waals surface area contributed by atoms with Gasteiger partial charge in [0.15, 0.2) is 0 Å². The van der Waals surface area contributed by atoms with Crippen molar-refractivity contribution in [1.29, 1.82) is 0 Å². The molecule has 62 valence electrons. The zero-order valence-electron chi connectivity index (χ0n) is 4.83. The van der Waals surface area contributed by atoms with Gasteiger partial charge in [0.1, 0.15) is 6.04 Å². The summed E-state index contributed by atoms with van der Waals surface area (Å²) >= 11 is 0. The third kappa shape index (κ3) is 3.60. The predicted octanol–water partition coefficient (Wildman–Crippen LogP) is 1.53. The van der Waals surface area contributed by atoms with Gasteiger partial charge in [0.05, 0.1) is 0 Å². The lowest BCUT2D eigenvalue weighted by Crippen LogP contribution is -2.38. The minimum atomic E-state index is -4.71. The molecule has 2 N–H and O–H groups in total. The van der Waals surface area contributed by atoms with Crippen LogP contribution in [0.4, 0.5) is 22.0 Å². The molecule has 1 nitrogen and oxygen atoms in total. The van der Waals surface area contributed by atoms with Gasteiger partial charge < -0.3 is 5.73 Å². The zero-order chi connectivity index (χ0) is 8.36. The molecule has 1 atom stereocenters. The van der Waals surface area contributed by atoms with E-state index in [4.69, 9.17) is 0 Å². The first-order valence-electron chi connectivity index (χ1n) is 2.44. The summed E-state index contributed by atoms with van der Waals surface area (Å²) in [6.45, 7) is 0. The molecule has 0 aliphatic rings. The van der Waals surface area contributed by atoms with Crippen molar-refractivity contribution >= 4 is 0 Å². The highest BCUT2D eigenvalue weighted by atomic mass is 19.4. The van der Waals surface area contributed by atoms with Crippen LogP contribution in [0.15, 0.2) is 0 Å². The second-order valence-corrected chi connectivity index (χ2v) is 1.77. The quantitative estimate of drug-likeness (QED) is 0.614. The fourth-order valence-electron chi connectivity index (χ4n) is 0.326. The SMILES string of the molecule is N[C@H](CC(F)F)C(F)(F)F. The first-order valence-corrected chi connectivity index (χ1v) is 2.44. The largest absolute Gasteiger partial charge is 0.403 e. The van der Waals surface area contributed by atoms with Crippen molar-refractivity contribution in [3.8, 4) is 0 Å². The van der Waals surface area contributed by atoms with E-state index >= 15 is 0 Å². The standard InChI is InChI=1S/C4H6F5N/c5-3(6)1-2(10)4(7,8)9/h2-3H,1,10H2/t2-/m1/s1. The molecule has 0 bridgehead atoms. The van der Waals surface area contributed by atoms with Crippen LogP contribution in [-0.2, 0) is 0 Å². The zero-order valence-corrected chi connectivity index (χ0v) is 4.83. The average molecular weight is 163 g/mol. The summed E-state index contributed by atoms with van der Waals surface area (Å²) in [5.74, 6) is 0. The molecule has 0 amide bonds. The molecule has 0 aliphatic carbocycles. The summed E-state index contributed by atoms with van der Waals surface area (Å²) in [5.41, 5.74) is 4.35. The number of hydrogen-bond acceptors (Lipinski definition) is 1. The van der Waals surface area contributed by atoms with E-state index < -0.39 is 25.1 Å². The number of hydrogen-bond donors (Lipinski definition) is 1. The molecule has 0 saturated carbocycles. The molecule has 0 aliphatic heterocycles. The second-order valence-electron chi connectivity index (χ2n) is 1.77. The van der Waals surface area contributed by atoms with Crippen molar-refractivity contribution in [3.63, 3.8) is 0 Å². The molecule has 0 saturated heterocycles. The van der Waals surface area contributed by atoms with Gasteiger partial charge in [-0.15, -0.1) is 0 Å². The molecular weight excluding hydrogens is 157 g/mol. The third-order valence-corrected chi connectivity index (χ3v) is 0.853. The van der Waals surface area contributed by atoms with E-state index in [-0.39, 0.29) is 0 Å². The lowest BCUT2D eigenvalue weighted by Gasteiger charge is -2.13. The molecule has 0 radical (unpaired) electrons. The van der Waals surface area contributed by atoms with Gasteiger partial charge in [0.25, 0.3) is 0 Å². The molecule has 6 heteroatoms. The van der Waals surface area contributed by atoms with Gasteiger partial charge in [0, 0.05) is 6.42 Å². The van der Waals surface area contributed by atoms with Crippen molar-refractivity contribution in [3.05, 3.63) is 0 Å². The summed E-state index contributed by atoms with van der Waals surface area (Å²) in [7, 11) is 0. The summed E-state index contributed by atoms with van der Waals surface area (Å²) in [6.07, 6.45) is -9.04. The van der Waals surface area contributed by atoms with Crippen LogP contribution in [0, 0.1) is 0 Å². The molecule has 0 heterocycles. The Labute approximate surface area is 54.0 Å². The smallest absolute Gasteiger partial charge is 0.320 e. The van der Waals surface area contributed by atoms with Crippen LogP contribution in [0.3, 0.4) is 0 Å². The molecule has 0 rings (SSSR count). The minimum absolute atomic E-state index is 1.33. The summed E-state index contributed by atoms with van der Waals surface area (Å²) < 4.78 is 56.5. The highest BCUT2D eigenvalue weighted by molar-refractivity contribution is 4.70. The molecule has 0 aromatic carbocycles. The fourth-order valence-corrected chi connectivity index (χ4v) is 0.326. The van der Waals surface area contributed by atoms with Gasteiger partial charge >= 0.3 is 6.18 Å². The Morgan fingerprint density at radius 2 is 1.60 bits per heavy atom. The van der Waals surface area contributed by atoms with Crippen molar-refractivity contribution < 1.29 is 22.0 Å². The molecule has 10 heavy (non-hydrogen) atoms. The van der Waals surface area contributed by atoms with Crippen LogP contribution >= 0.6 is 0 Å². The van der Waals surface area contributed by atoms with E-state index in [2.05, 4.69) is 5.73 Å². The van der Waals surface area contributed by atoms with E-state index in [1.165, 1.54) is 0 Å². The number of nitrogens with two attached hydrogens (primary N) is 1. The first kappa shape index (κ1) is 9.61. The van der Waals surface area contributed by atoms with Gasteiger partial charge in [-0.3, -0.25) is 0 Å². The fraction of sp³-hybridized carbons (Fsp3) is 1.00. The molecule has 0 aromatic heterocycles. The van der Waals surface area contributed by atoms with Gasteiger partial charge in [-0.25, -0.2) is 8.78 Å². The van der Waals surface area contributed by atoms with Gasteiger partial charge in [-0.1, -0.05) is 0 Å². The number of halogens is 5. The Morgan fingerprint density at radius 3 is 1.70 bits per heavy atom. The van der Waals surface area contributed by atoms with Gasteiger partial charge in [-0.2, -0.15) is 13.2 Å². The molecule has 0 spiro atoms. The Kier molecular flexibility index (Phi) is 3.01. The normalized spacial score (nSPS) is 15.9. The molecule has 0 aromatic rings. The highest BCUT2D eigenvalue weighted by Gasteiger charge is 2.38. The molecule has 0 unspecified atom stereocenters. The Morgan fingerprint density at radius 1 is 1.20 bits per heavy atom. The van der Waals surface area contributed by atoms with Crippen LogP contribution in [0.1, 0.15) is 6.42 Å². The van der Waals surface area contributed by atoms with E-state index in [1.54, 1.807) is 0 Å². The maximum Gasteiger partial charge on any atom is 0.403 e. The van der Waals surface area contributed by atoms with Gasteiger partial charge in [-0.05, 0) is 0 Å². The van der Waals surface area contributed by atoms with Crippen molar-refractivity contribution in [2.75, 3.05) is 0 Å². The van der Waals surface area contributed by atoms with Crippen molar-refractivity contribution in [2.45, 2.75) is 25.1 Å². The number of rotatable bonds is 2. The third-order valence-electron chi connectivity index (χ3n) is 0.853. The van der Waals surface area contributed by atoms with Crippen LogP contribution in [0.2, 0.25) is 0 Å². The topological polar surface area (TPSA) is 26.0 Å². The minimum Gasteiger partial charge on any atom is -0.320 e. The van der Waals surface area contributed by atoms with Crippen LogP contribution in [0.5, 0.6) is 0 Å². The summed E-state index contributed by atoms with van der Waals surface area (Å²) in [6, 6.07) is -2.41. The predicted molar refractivity (Wildman–Crippen MR) is 24.7 cm³/mol. The average Bonchev–Trinajstić information content (AvgIpc) is 1.60. The van der Waals surface area contributed by atoms with Crippen LogP contribution in [0.25, 0.3) is 0 Å². The van der Waals surface area contributed by atoms with Crippen LogP contribution < -0.4 is 5.73 Å². The van der Waals surface area contributed by atoms with E-state index in [1.807, 2.05) is 0 Å². The van der Waals surface area contributed by atoms with Crippen LogP contribution in [-0.4, -0.2) is 18.6 Å². The lowest BCUT2D eigenvalue weighted by atomic mass is 10.2. The number of alkyl halides is 5. The molecular formula is C4H6F5N. The summed E-state index contributed by atoms with van der Waals surface area (Å²) in [5, 5.41) is 0. The maximum absolute atomic E-state index is 11.4. The second kappa shape index (κ2) is 3.14. The van der Waals surface area contributed by atoms with Crippen molar-refractivity contribution in [1.82, 2.24) is 0 Å². The monoisotopic (exact) mass is 163 g/mol.